The molecule has 0 radical (unpaired) electrons. The highest BCUT2D eigenvalue weighted by Gasteiger charge is 2.30. The molecule has 1 aromatic carbocycles. The van der Waals surface area contributed by atoms with Gasteiger partial charge in [-0.25, -0.2) is 8.42 Å². The summed E-state index contributed by atoms with van der Waals surface area (Å²) < 4.78 is 30.7. The van der Waals surface area contributed by atoms with E-state index in [-0.39, 0.29) is 6.54 Å². The molecule has 25 heavy (non-hydrogen) atoms. The lowest BCUT2D eigenvalue weighted by molar-refractivity contribution is -0.122. The van der Waals surface area contributed by atoms with E-state index >= 15 is 0 Å². The number of benzene rings is 1. The van der Waals surface area contributed by atoms with Crippen LogP contribution in [0.1, 0.15) is 37.1 Å². The molecule has 8 heteroatoms. The van der Waals surface area contributed by atoms with Gasteiger partial charge < -0.3 is 9.84 Å². The van der Waals surface area contributed by atoms with Crippen LogP contribution in [0, 0.1) is 0 Å². The minimum Gasteiger partial charge on any atom is -0.361 e. The molecule has 7 nitrogen and oxygen atoms in total. The molecule has 1 saturated carbocycles. The van der Waals surface area contributed by atoms with Crippen molar-refractivity contribution in [3.05, 3.63) is 47.9 Å². The molecule has 1 aromatic heterocycles. The van der Waals surface area contributed by atoms with Crippen LogP contribution in [0.5, 0.6) is 0 Å². The number of hydrogen-bond donors (Lipinski definition) is 1. The van der Waals surface area contributed by atoms with Crippen LogP contribution in [0.25, 0.3) is 0 Å². The Morgan fingerprint density at radius 1 is 1.36 bits per heavy atom. The summed E-state index contributed by atoms with van der Waals surface area (Å²) in [6.45, 7) is 1.76. The highest BCUT2D eigenvalue weighted by Crippen LogP contribution is 2.40. The van der Waals surface area contributed by atoms with Gasteiger partial charge in [0.2, 0.25) is 15.9 Å². The van der Waals surface area contributed by atoms with Gasteiger partial charge in [-0.05, 0) is 31.9 Å². The molecule has 1 heterocycles. The van der Waals surface area contributed by atoms with E-state index in [1.54, 1.807) is 37.3 Å². The second-order valence-electron chi connectivity index (χ2n) is 6.28. The molecule has 3 rings (SSSR count). The first-order valence-corrected chi connectivity index (χ1v) is 9.99. The fourth-order valence-corrected chi connectivity index (χ4v) is 3.86. The third-order valence-corrected chi connectivity index (χ3v) is 5.34. The van der Waals surface area contributed by atoms with Gasteiger partial charge in [-0.1, -0.05) is 23.4 Å². The highest BCUT2D eigenvalue weighted by atomic mass is 32.2. The number of anilines is 1. The Bertz CT molecular complexity index is 844. The zero-order chi connectivity index (χ0) is 18.0. The summed E-state index contributed by atoms with van der Waals surface area (Å²) in [4.78, 5) is 12.5. The maximum absolute atomic E-state index is 12.5. The van der Waals surface area contributed by atoms with Gasteiger partial charge in [0.15, 0.2) is 0 Å². The van der Waals surface area contributed by atoms with Crippen molar-refractivity contribution in [2.75, 3.05) is 10.6 Å². The lowest BCUT2D eigenvalue weighted by Gasteiger charge is -2.28. The number of aromatic nitrogens is 1. The number of para-hydroxylation sites is 1. The van der Waals surface area contributed by atoms with Gasteiger partial charge in [-0.15, -0.1) is 0 Å². The Morgan fingerprint density at radius 2 is 2.04 bits per heavy atom. The van der Waals surface area contributed by atoms with Crippen molar-refractivity contribution in [2.45, 2.75) is 38.3 Å². The van der Waals surface area contributed by atoms with Gasteiger partial charge in [-0.3, -0.25) is 9.10 Å². The number of carbonyl (C=O) groups excluding carboxylic acids is 1. The van der Waals surface area contributed by atoms with Crippen molar-refractivity contribution in [1.82, 2.24) is 10.5 Å². The first kappa shape index (κ1) is 17.5. The molecule has 1 N–H and O–H groups in total. The van der Waals surface area contributed by atoms with Crippen molar-refractivity contribution < 1.29 is 17.7 Å². The molecule has 2 aromatic rings. The number of nitrogens with one attached hydrogen (secondary N) is 1. The fourth-order valence-electron chi connectivity index (χ4n) is 2.68. The van der Waals surface area contributed by atoms with E-state index in [2.05, 4.69) is 10.5 Å². The molecule has 0 saturated heterocycles. The van der Waals surface area contributed by atoms with Crippen LogP contribution in [-0.4, -0.2) is 31.8 Å². The van der Waals surface area contributed by atoms with Gasteiger partial charge in [0.05, 0.1) is 18.5 Å². The monoisotopic (exact) mass is 363 g/mol. The number of carbonyl (C=O) groups is 1. The summed E-state index contributed by atoms with van der Waals surface area (Å²) >= 11 is 0. The minimum atomic E-state index is -3.61. The first-order valence-electron chi connectivity index (χ1n) is 8.14. The zero-order valence-electron chi connectivity index (χ0n) is 14.2. The van der Waals surface area contributed by atoms with Crippen LogP contribution >= 0.6 is 0 Å². The lowest BCUT2D eigenvalue weighted by Crippen LogP contribution is -2.47. The summed E-state index contributed by atoms with van der Waals surface area (Å²) in [5.41, 5.74) is 1.08. The second kappa shape index (κ2) is 6.87. The van der Waals surface area contributed by atoms with E-state index in [1.807, 2.05) is 6.07 Å². The van der Waals surface area contributed by atoms with E-state index < -0.39 is 22.0 Å². The third kappa shape index (κ3) is 4.19. The summed E-state index contributed by atoms with van der Waals surface area (Å²) in [6, 6.07) is 9.52. The van der Waals surface area contributed by atoms with Gasteiger partial charge in [-0.2, -0.15) is 0 Å². The van der Waals surface area contributed by atoms with Crippen molar-refractivity contribution in [3.8, 4) is 0 Å². The van der Waals surface area contributed by atoms with Gasteiger partial charge in [0.1, 0.15) is 17.5 Å². The minimum absolute atomic E-state index is 0.200. The van der Waals surface area contributed by atoms with Gasteiger partial charge in [0.25, 0.3) is 0 Å². The van der Waals surface area contributed by atoms with Crippen LogP contribution in [0.2, 0.25) is 0 Å². The van der Waals surface area contributed by atoms with E-state index in [4.69, 9.17) is 4.52 Å². The Kier molecular flexibility index (Phi) is 4.80. The standard InChI is InChI=1S/C17H21N3O4S/c1-12(20(25(2,22)23)15-6-4-3-5-7-15)17(21)18-11-14-10-16(24-19-14)13-8-9-13/h3-7,10,12-13H,8-9,11H2,1-2H3,(H,18,21). The molecule has 0 spiro atoms. The SMILES string of the molecule is CC(C(=O)NCc1cc(C2CC2)on1)N(c1ccccc1)S(C)(=O)=O. The van der Waals surface area contributed by atoms with Crippen LogP contribution in [-0.2, 0) is 21.4 Å². The lowest BCUT2D eigenvalue weighted by atomic mass is 10.2. The summed E-state index contributed by atoms with van der Waals surface area (Å²) in [6.07, 6.45) is 3.31. The average Bonchev–Trinajstić information content (AvgIpc) is 3.31. The summed E-state index contributed by atoms with van der Waals surface area (Å²) in [5.74, 6) is 0.902. The number of sulfonamides is 1. The van der Waals surface area contributed by atoms with Crippen LogP contribution in [0.15, 0.2) is 40.9 Å². The van der Waals surface area contributed by atoms with E-state index in [1.165, 1.54) is 0 Å². The molecule has 0 bridgehead atoms. The predicted octanol–water partition coefficient (Wildman–Crippen LogP) is 2.02. The van der Waals surface area contributed by atoms with Gasteiger partial charge in [0, 0.05) is 12.0 Å². The first-order chi connectivity index (χ1) is 11.9. The van der Waals surface area contributed by atoms with Crippen LogP contribution in [0.3, 0.4) is 0 Å². The molecule has 134 valence electrons. The molecular formula is C17H21N3O4S. The molecule has 0 aliphatic heterocycles. The number of amides is 1. The second-order valence-corrected chi connectivity index (χ2v) is 8.14. The van der Waals surface area contributed by atoms with E-state index in [0.29, 0.717) is 17.3 Å². The average molecular weight is 363 g/mol. The van der Waals surface area contributed by atoms with Gasteiger partial charge >= 0.3 is 0 Å². The number of rotatable bonds is 7. The molecule has 1 aliphatic carbocycles. The normalized spacial score (nSPS) is 15.6. The van der Waals surface area contributed by atoms with E-state index in [0.717, 1.165) is 29.2 Å². The molecule has 1 unspecified atom stereocenters. The molecule has 1 fully saturated rings. The van der Waals surface area contributed by atoms with Crippen LogP contribution in [0.4, 0.5) is 5.69 Å². The Labute approximate surface area is 147 Å². The number of hydrogen-bond acceptors (Lipinski definition) is 5. The maximum Gasteiger partial charge on any atom is 0.243 e. The molecular weight excluding hydrogens is 342 g/mol. The Morgan fingerprint density at radius 3 is 2.64 bits per heavy atom. The Hall–Kier alpha value is -2.35. The largest absolute Gasteiger partial charge is 0.361 e. The zero-order valence-corrected chi connectivity index (χ0v) is 15.0. The third-order valence-electron chi connectivity index (χ3n) is 4.10. The molecule has 1 amide bonds. The summed E-state index contributed by atoms with van der Waals surface area (Å²) in [7, 11) is -3.61. The van der Waals surface area contributed by atoms with Crippen molar-refractivity contribution in [1.29, 1.82) is 0 Å². The van der Waals surface area contributed by atoms with Crippen molar-refractivity contribution >= 4 is 21.6 Å². The fraction of sp³-hybridized carbons (Fsp3) is 0.412. The highest BCUT2D eigenvalue weighted by molar-refractivity contribution is 7.92. The quantitative estimate of drug-likeness (QED) is 0.812. The van der Waals surface area contributed by atoms with Crippen molar-refractivity contribution in [2.24, 2.45) is 0 Å². The molecule has 1 aliphatic rings. The topological polar surface area (TPSA) is 92.5 Å². The molecule has 1 atom stereocenters. The maximum atomic E-state index is 12.5. The van der Waals surface area contributed by atoms with Crippen molar-refractivity contribution in [3.63, 3.8) is 0 Å². The smallest absolute Gasteiger partial charge is 0.243 e. The number of nitrogens with zero attached hydrogens (tertiary/aromatic N) is 2. The summed E-state index contributed by atoms with van der Waals surface area (Å²) in [5, 5.41) is 6.67. The van der Waals surface area contributed by atoms with E-state index in [9.17, 15) is 13.2 Å². The van der Waals surface area contributed by atoms with Crippen LogP contribution < -0.4 is 9.62 Å². The predicted molar refractivity (Wildman–Crippen MR) is 93.6 cm³/mol. The Balaban J connectivity index is 1.68.